The maximum Gasteiger partial charge on any atom is 0.240 e. The normalized spacial score (nSPS) is 11.7. The largest absolute Gasteiger partial charge is 0.349 e. The summed E-state index contributed by atoms with van der Waals surface area (Å²) >= 11 is 0. The predicted molar refractivity (Wildman–Crippen MR) is 81.3 cm³/mol. The van der Waals surface area contributed by atoms with Crippen LogP contribution < -0.4 is 10.0 Å². The van der Waals surface area contributed by atoms with Crippen LogP contribution in [-0.2, 0) is 23.0 Å². The number of nitrogens with zero attached hydrogens (tertiary/aromatic N) is 1. The number of benzene rings is 1. The van der Waals surface area contributed by atoms with Crippen LogP contribution in [0.5, 0.6) is 0 Å². The summed E-state index contributed by atoms with van der Waals surface area (Å²) in [5, 5.41) is 2.98. The molecule has 0 radical (unpaired) electrons. The van der Waals surface area contributed by atoms with Gasteiger partial charge in [0.05, 0.1) is 4.90 Å². The van der Waals surface area contributed by atoms with Crippen LogP contribution >= 0.6 is 0 Å². The van der Waals surface area contributed by atoms with Crippen molar-refractivity contribution < 1.29 is 8.42 Å². The van der Waals surface area contributed by atoms with Gasteiger partial charge in [-0.15, -0.1) is 0 Å². The highest BCUT2D eigenvalue weighted by Gasteiger charge is 2.16. The second kappa shape index (κ2) is 7.35. The van der Waals surface area contributed by atoms with Gasteiger partial charge in [0, 0.05) is 31.9 Å². The van der Waals surface area contributed by atoms with Crippen LogP contribution in [0, 0.1) is 0 Å². The number of hydrogen-bond donors (Lipinski definition) is 3. The van der Waals surface area contributed by atoms with Gasteiger partial charge in [0.25, 0.3) is 0 Å². The smallest absolute Gasteiger partial charge is 0.240 e. The highest BCUT2D eigenvalue weighted by Crippen LogP contribution is 2.15. The third-order valence-electron chi connectivity index (χ3n) is 3.07. The van der Waals surface area contributed by atoms with Crippen molar-refractivity contribution in [3.05, 3.63) is 48.0 Å². The molecule has 0 aliphatic carbocycles. The number of aromatic nitrogens is 2. The Hall–Kier alpha value is -1.70. The maximum absolute atomic E-state index is 12.3. The third kappa shape index (κ3) is 4.38. The van der Waals surface area contributed by atoms with Crippen molar-refractivity contribution in [3.63, 3.8) is 0 Å². The summed E-state index contributed by atoms with van der Waals surface area (Å²) in [7, 11) is -1.68. The fourth-order valence-electron chi connectivity index (χ4n) is 2.08. The summed E-state index contributed by atoms with van der Waals surface area (Å²) in [6.07, 6.45) is 4.86. The zero-order chi connectivity index (χ0) is 15.1. The lowest BCUT2D eigenvalue weighted by molar-refractivity contribution is 0.576. The Balaban J connectivity index is 1.95. The van der Waals surface area contributed by atoms with Crippen molar-refractivity contribution in [1.82, 2.24) is 20.0 Å². The molecule has 0 aliphatic rings. The highest BCUT2D eigenvalue weighted by molar-refractivity contribution is 7.89. The first-order valence-electron chi connectivity index (χ1n) is 6.84. The van der Waals surface area contributed by atoms with Crippen LogP contribution in [0.25, 0.3) is 0 Å². The van der Waals surface area contributed by atoms with Crippen LogP contribution in [0.3, 0.4) is 0 Å². The number of rotatable bonds is 8. The lowest BCUT2D eigenvalue weighted by atomic mass is 10.2. The molecule has 0 atom stereocenters. The van der Waals surface area contributed by atoms with Crippen LogP contribution in [0.4, 0.5) is 0 Å². The number of aryl methyl sites for hydroxylation is 1. The van der Waals surface area contributed by atoms with Crippen molar-refractivity contribution >= 4 is 10.0 Å². The number of imidazole rings is 1. The summed E-state index contributed by atoms with van der Waals surface area (Å²) in [6, 6.07) is 7.01. The van der Waals surface area contributed by atoms with Gasteiger partial charge in [-0.2, -0.15) is 0 Å². The monoisotopic (exact) mass is 308 g/mol. The van der Waals surface area contributed by atoms with E-state index in [9.17, 15) is 8.42 Å². The van der Waals surface area contributed by atoms with E-state index in [0.29, 0.717) is 30.8 Å². The lowest BCUT2D eigenvalue weighted by Gasteiger charge is -2.11. The van der Waals surface area contributed by atoms with E-state index in [1.165, 1.54) is 0 Å². The molecule has 114 valence electrons. The van der Waals surface area contributed by atoms with E-state index < -0.39 is 10.0 Å². The quantitative estimate of drug-likeness (QED) is 0.636. The van der Waals surface area contributed by atoms with Crippen molar-refractivity contribution in [2.75, 3.05) is 13.6 Å². The van der Waals surface area contributed by atoms with Gasteiger partial charge in [-0.3, -0.25) is 0 Å². The van der Waals surface area contributed by atoms with Crippen molar-refractivity contribution in [2.45, 2.75) is 24.3 Å². The Bertz CT molecular complexity index is 653. The first-order chi connectivity index (χ1) is 10.1. The van der Waals surface area contributed by atoms with Crippen LogP contribution in [-0.4, -0.2) is 32.0 Å². The predicted octanol–water partition coefficient (Wildman–Crippen LogP) is 1.04. The van der Waals surface area contributed by atoms with Gasteiger partial charge in [-0.1, -0.05) is 18.2 Å². The molecule has 21 heavy (non-hydrogen) atoms. The van der Waals surface area contributed by atoms with Crippen LogP contribution in [0.2, 0.25) is 0 Å². The average Bonchev–Trinajstić information content (AvgIpc) is 2.98. The SMILES string of the molecule is CNCc1ccccc1S(=O)(=O)NCCCc1ncc[nH]1. The number of nitrogens with one attached hydrogen (secondary N) is 3. The first kappa shape index (κ1) is 15.7. The third-order valence-corrected chi connectivity index (χ3v) is 4.63. The molecule has 2 rings (SSSR count). The summed E-state index contributed by atoms with van der Waals surface area (Å²) in [5.41, 5.74) is 0.763. The molecule has 7 heteroatoms. The van der Waals surface area contributed by atoms with Crippen LogP contribution in [0.1, 0.15) is 17.8 Å². The van der Waals surface area contributed by atoms with Gasteiger partial charge in [0.15, 0.2) is 0 Å². The summed E-state index contributed by atoms with van der Waals surface area (Å²) in [6.45, 7) is 0.903. The minimum absolute atomic E-state index is 0.331. The van der Waals surface area contributed by atoms with E-state index in [1.54, 1.807) is 31.6 Å². The Labute approximate surface area is 125 Å². The zero-order valence-electron chi connectivity index (χ0n) is 12.0. The molecule has 6 nitrogen and oxygen atoms in total. The molecule has 0 unspecified atom stereocenters. The Morgan fingerprint density at radius 2 is 2.10 bits per heavy atom. The Morgan fingerprint density at radius 3 is 2.81 bits per heavy atom. The van der Waals surface area contributed by atoms with Crippen molar-refractivity contribution in [1.29, 1.82) is 0 Å². The molecule has 0 saturated carbocycles. The van der Waals surface area contributed by atoms with E-state index >= 15 is 0 Å². The molecule has 0 spiro atoms. The van der Waals surface area contributed by atoms with Crippen molar-refractivity contribution in [2.24, 2.45) is 0 Å². The van der Waals surface area contributed by atoms with Gasteiger partial charge in [-0.05, 0) is 25.1 Å². The number of aromatic amines is 1. The topological polar surface area (TPSA) is 86.9 Å². The number of sulfonamides is 1. The summed E-state index contributed by atoms with van der Waals surface area (Å²) in [4.78, 5) is 7.43. The Kier molecular flexibility index (Phi) is 5.49. The molecular formula is C14H20N4O2S. The standard InChI is InChI=1S/C14H20N4O2S/c1-15-11-12-5-2-3-6-13(12)21(19,20)18-8-4-7-14-16-9-10-17-14/h2-3,5-6,9-10,15,18H,4,7-8,11H2,1H3,(H,16,17). The van der Waals surface area contributed by atoms with Gasteiger partial charge in [0.2, 0.25) is 10.0 Å². The van der Waals surface area contributed by atoms with Crippen molar-refractivity contribution in [3.8, 4) is 0 Å². The molecule has 0 bridgehead atoms. The molecule has 1 aromatic carbocycles. The van der Waals surface area contributed by atoms with Gasteiger partial charge < -0.3 is 10.3 Å². The molecule has 0 fully saturated rings. The fourth-order valence-corrected chi connectivity index (χ4v) is 3.39. The van der Waals surface area contributed by atoms with Gasteiger partial charge in [-0.25, -0.2) is 18.1 Å². The molecule has 0 amide bonds. The molecule has 1 heterocycles. The maximum atomic E-state index is 12.3. The first-order valence-corrected chi connectivity index (χ1v) is 8.32. The lowest BCUT2D eigenvalue weighted by Crippen LogP contribution is -2.26. The minimum atomic E-state index is -3.47. The highest BCUT2D eigenvalue weighted by atomic mass is 32.2. The van der Waals surface area contributed by atoms with E-state index in [2.05, 4.69) is 20.0 Å². The second-order valence-electron chi connectivity index (χ2n) is 4.68. The van der Waals surface area contributed by atoms with E-state index in [-0.39, 0.29) is 0 Å². The molecule has 0 saturated heterocycles. The van der Waals surface area contributed by atoms with E-state index in [0.717, 1.165) is 11.4 Å². The average molecular weight is 308 g/mol. The molecule has 2 aromatic rings. The molecule has 0 aliphatic heterocycles. The Morgan fingerprint density at radius 1 is 1.29 bits per heavy atom. The molecule has 1 aromatic heterocycles. The summed E-state index contributed by atoms with van der Waals surface area (Å²) in [5.74, 6) is 0.866. The van der Waals surface area contributed by atoms with E-state index in [1.807, 2.05) is 12.1 Å². The van der Waals surface area contributed by atoms with E-state index in [4.69, 9.17) is 0 Å². The summed E-state index contributed by atoms with van der Waals surface area (Å²) < 4.78 is 27.3. The molecular weight excluding hydrogens is 288 g/mol. The minimum Gasteiger partial charge on any atom is -0.349 e. The van der Waals surface area contributed by atoms with Crippen LogP contribution in [0.15, 0.2) is 41.6 Å². The molecule has 3 N–H and O–H groups in total. The van der Waals surface area contributed by atoms with Gasteiger partial charge in [0.1, 0.15) is 5.82 Å². The fraction of sp³-hybridized carbons (Fsp3) is 0.357. The zero-order valence-corrected chi connectivity index (χ0v) is 12.8. The van der Waals surface area contributed by atoms with Gasteiger partial charge >= 0.3 is 0 Å². The number of H-pyrrole nitrogens is 1. The number of hydrogen-bond acceptors (Lipinski definition) is 4. The second-order valence-corrected chi connectivity index (χ2v) is 6.41.